The molecule has 2 aliphatic rings. The predicted molar refractivity (Wildman–Crippen MR) is 116 cm³/mol. The molecule has 0 bridgehead atoms. The molecule has 5 nitrogen and oxygen atoms in total. The van der Waals surface area contributed by atoms with Gasteiger partial charge in [0, 0.05) is 62.8 Å². The third-order valence-corrected chi connectivity index (χ3v) is 6.25. The standard InChI is InChI=1S/C23H34N4O/c1-17(2)26-11-9-25(10-12-26)15-20-14-19-13-18(3)6-7-22(19)24-23(20)27-8-4-5-21(28)16-27/h6-7,13-14,17,21,28H,4-5,8-12,15-16H2,1-3H3/t21-/m0/s1. The summed E-state index contributed by atoms with van der Waals surface area (Å²) in [5, 5.41) is 11.4. The number of piperazine rings is 1. The normalized spacial score (nSPS) is 22.3. The Morgan fingerprint density at radius 2 is 1.89 bits per heavy atom. The van der Waals surface area contributed by atoms with Crippen molar-refractivity contribution >= 4 is 16.7 Å². The van der Waals surface area contributed by atoms with Crippen LogP contribution in [0, 0.1) is 6.92 Å². The van der Waals surface area contributed by atoms with Crippen molar-refractivity contribution in [3.05, 3.63) is 35.4 Å². The Kier molecular flexibility index (Phi) is 5.85. The molecule has 1 N–H and O–H groups in total. The largest absolute Gasteiger partial charge is 0.391 e. The molecular weight excluding hydrogens is 348 g/mol. The summed E-state index contributed by atoms with van der Waals surface area (Å²) in [6.45, 7) is 13.8. The van der Waals surface area contributed by atoms with Gasteiger partial charge in [-0.2, -0.15) is 0 Å². The van der Waals surface area contributed by atoms with Gasteiger partial charge in [0.25, 0.3) is 0 Å². The van der Waals surface area contributed by atoms with Crippen LogP contribution in [0.4, 0.5) is 5.82 Å². The minimum atomic E-state index is -0.244. The molecule has 1 aromatic heterocycles. The summed E-state index contributed by atoms with van der Waals surface area (Å²) in [6.07, 6.45) is 1.68. The number of aromatic nitrogens is 1. The number of hydrogen-bond acceptors (Lipinski definition) is 5. The van der Waals surface area contributed by atoms with Crippen molar-refractivity contribution in [2.24, 2.45) is 0 Å². The summed E-state index contributed by atoms with van der Waals surface area (Å²) in [6, 6.07) is 9.45. The van der Waals surface area contributed by atoms with E-state index in [1.54, 1.807) is 0 Å². The smallest absolute Gasteiger partial charge is 0.133 e. The highest BCUT2D eigenvalue weighted by molar-refractivity contribution is 5.82. The van der Waals surface area contributed by atoms with Gasteiger partial charge in [-0.1, -0.05) is 11.6 Å². The lowest BCUT2D eigenvalue weighted by molar-refractivity contribution is 0.104. The molecule has 2 fully saturated rings. The van der Waals surface area contributed by atoms with E-state index in [0.29, 0.717) is 12.6 Å². The molecule has 0 radical (unpaired) electrons. The van der Waals surface area contributed by atoms with Gasteiger partial charge in [0.2, 0.25) is 0 Å². The number of hydrogen-bond donors (Lipinski definition) is 1. The van der Waals surface area contributed by atoms with E-state index < -0.39 is 0 Å². The molecule has 5 heteroatoms. The molecule has 2 aliphatic heterocycles. The fourth-order valence-corrected chi connectivity index (χ4v) is 4.55. The molecule has 152 valence electrons. The van der Waals surface area contributed by atoms with Crippen molar-refractivity contribution in [3.8, 4) is 0 Å². The van der Waals surface area contributed by atoms with Crippen LogP contribution in [-0.4, -0.2) is 71.3 Å². The maximum Gasteiger partial charge on any atom is 0.133 e. The van der Waals surface area contributed by atoms with E-state index in [1.165, 1.54) is 16.5 Å². The number of aliphatic hydroxyl groups is 1. The van der Waals surface area contributed by atoms with Crippen LogP contribution >= 0.6 is 0 Å². The van der Waals surface area contributed by atoms with Crippen molar-refractivity contribution in [1.29, 1.82) is 0 Å². The molecule has 2 aromatic rings. The molecule has 4 rings (SSSR count). The maximum atomic E-state index is 10.2. The van der Waals surface area contributed by atoms with E-state index in [0.717, 1.165) is 63.4 Å². The van der Waals surface area contributed by atoms with Crippen LogP contribution in [0.1, 0.15) is 37.8 Å². The molecule has 0 unspecified atom stereocenters. The monoisotopic (exact) mass is 382 g/mol. The zero-order chi connectivity index (χ0) is 19.7. The van der Waals surface area contributed by atoms with Crippen molar-refractivity contribution < 1.29 is 5.11 Å². The molecule has 0 saturated carbocycles. The lowest BCUT2D eigenvalue weighted by Crippen LogP contribution is -2.48. The van der Waals surface area contributed by atoms with Crippen LogP contribution in [0.2, 0.25) is 0 Å². The molecule has 1 atom stereocenters. The van der Waals surface area contributed by atoms with Crippen LogP contribution in [0.15, 0.2) is 24.3 Å². The summed E-state index contributed by atoms with van der Waals surface area (Å²) in [5.74, 6) is 1.07. The van der Waals surface area contributed by atoms with Crippen LogP contribution in [0.25, 0.3) is 10.9 Å². The summed E-state index contributed by atoms with van der Waals surface area (Å²) in [4.78, 5) is 12.5. The van der Waals surface area contributed by atoms with Crippen LogP contribution in [0.5, 0.6) is 0 Å². The summed E-state index contributed by atoms with van der Waals surface area (Å²) in [7, 11) is 0. The quantitative estimate of drug-likeness (QED) is 0.880. The van der Waals surface area contributed by atoms with E-state index in [2.05, 4.69) is 59.7 Å². The van der Waals surface area contributed by atoms with Gasteiger partial charge in [-0.15, -0.1) is 0 Å². The summed E-state index contributed by atoms with van der Waals surface area (Å²) < 4.78 is 0. The van der Waals surface area contributed by atoms with Crippen LogP contribution < -0.4 is 4.90 Å². The second-order valence-electron chi connectivity index (χ2n) is 8.82. The number of aliphatic hydroxyl groups excluding tert-OH is 1. The minimum Gasteiger partial charge on any atom is -0.391 e. The second kappa shape index (κ2) is 8.36. The zero-order valence-electron chi connectivity index (χ0n) is 17.6. The van der Waals surface area contributed by atoms with E-state index in [4.69, 9.17) is 4.98 Å². The Morgan fingerprint density at radius 3 is 2.61 bits per heavy atom. The summed E-state index contributed by atoms with van der Waals surface area (Å²) in [5.41, 5.74) is 3.62. The Bertz CT molecular complexity index is 814. The molecule has 0 aliphatic carbocycles. The molecule has 2 saturated heterocycles. The van der Waals surface area contributed by atoms with Crippen molar-refractivity contribution in [2.75, 3.05) is 44.2 Å². The highest BCUT2D eigenvalue weighted by Gasteiger charge is 2.24. The van der Waals surface area contributed by atoms with Gasteiger partial charge in [-0.05, 0) is 51.8 Å². The van der Waals surface area contributed by atoms with Gasteiger partial charge in [-0.25, -0.2) is 4.98 Å². The Balaban J connectivity index is 1.62. The number of aryl methyl sites for hydroxylation is 1. The molecule has 28 heavy (non-hydrogen) atoms. The van der Waals surface area contributed by atoms with Gasteiger partial charge in [0.15, 0.2) is 0 Å². The fourth-order valence-electron chi connectivity index (χ4n) is 4.55. The Morgan fingerprint density at radius 1 is 1.11 bits per heavy atom. The molecular formula is C23H34N4O. The van der Waals surface area contributed by atoms with Crippen molar-refractivity contribution in [1.82, 2.24) is 14.8 Å². The average molecular weight is 383 g/mol. The first-order valence-electron chi connectivity index (χ1n) is 10.8. The Labute approximate surface area is 169 Å². The first kappa shape index (κ1) is 19.6. The van der Waals surface area contributed by atoms with E-state index >= 15 is 0 Å². The van der Waals surface area contributed by atoms with E-state index in [1.807, 2.05) is 0 Å². The van der Waals surface area contributed by atoms with Gasteiger partial charge in [0.05, 0.1) is 11.6 Å². The lowest BCUT2D eigenvalue weighted by Gasteiger charge is -2.38. The number of fused-ring (bicyclic) bond motifs is 1. The number of pyridine rings is 1. The topological polar surface area (TPSA) is 42.8 Å². The maximum absolute atomic E-state index is 10.2. The number of benzene rings is 1. The van der Waals surface area contributed by atoms with E-state index in [-0.39, 0.29) is 6.10 Å². The van der Waals surface area contributed by atoms with Crippen LogP contribution in [0.3, 0.4) is 0 Å². The predicted octanol–water partition coefficient (Wildman–Crippen LogP) is 3.03. The molecule has 0 amide bonds. The molecule has 3 heterocycles. The molecule has 0 spiro atoms. The van der Waals surface area contributed by atoms with Gasteiger partial charge >= 0.3 is 0 Å². The number of nitrogens with zero attached hydrogens (tertiary/aromatic N) is 4. The SMILES string of the molecule is Cc1ccc2nc(N3CCC[C@H](O)C3)c(CN3CCN(C(C)C)CC3)cc2c1. The summed E-state index contributed by atoms with van der Waals surface area (Å²) >= 11 is 0. The van der Waals surface area contributed by atoms with Gasteiger partial charge < -0.3 is 10.0 Å². The van der Waals surface area contributed by atoms with Crippen molar-refractivity contribution in [3.63, 3.8) is 0 Å². The lowest BCUT2D eigenvalue weighted by atomic mass is 10.0. The highest BCUT2D eigenvalue weighted by atomic mass is 16.3. The third-order valence-electron chi connectivity index (χ3n) is 6.25. The average Bonchev–Trinajstić information content (AvgIpc) is 2.68. The second-order valence-corrected chi connectivity index (χ2v) is 8.82. The first-order valence-corrected chi connectivity index (χ1v) is 10.8. The first-order chi connectivity index (χ1) is 13.5. The number of rotatable bonds is 4. The zero-order valence-corrected chi connectivity index (χ0v) is 17.6. The van der Waals surface area contributed by atoms with Gasteiger partial charge in [0.1, 0.15) is 5.82 Å². The Hall–Kier alpha value is -1.69. The number of anilines is 1. The third kappa shape index (κ3) is 4.32. The highest BCUT2D eigenvalue weighted by Crippen LogP contribution is 2.28. The van der Waals surface area contributed by atoms with E-state index in [9.17, 15) is 5.11 Å². The number of β-amino-alcohol motifs (C(OH)–C–C–N with tert-alkyl or cyclic N) is 1. The fraction of sp³-hybridized carbons (Fsp3) is 0.609. The number of piperidine rings is 1. The molecule has 1 aromatic carbocycles. The van der Waals surface area contributed by atoms with Crippen LogP contribution in [-0.2, 0) is 6.54 Å². The minimum absolute atomic E-state index is 0.244. The van der Waals surface area contributed by atoms with Gasteiger partial charge in [-0.3, -0.25) is 9.80 Å². The van der Waals surface area contributed by atoms with Crippen molar-refractivity contribution in [2.45, 2.75) is 52.3 Å².